The molecule has 1 aromatic heterocycles. The Labute approximate surface area is 107 Å². The third kappa shape index (κ3) is 3.02. The highest BCUT2D eigenvalue weighted by molar-refractivity contribution is 9.10. The summed E-state index contributed by atoms with van der Waals surface area (Å²) < 4.78 is 6.43. The zero-order valence-electron chi connectivity index (χ0n) is 9.01. The molecule has 0 spiro atoms. The Morgan fingerprint density at radius 3 is 2.59 bits per heavy atom. The van der Waals surface area contributed by atoms with E-state index >= 15 is 0 Å². The molecule has 0 saturated carbocycles. The van der Waals surface area contributed by atoms with E-state index in [1.165, 1.54) is 0 Å². The van der Waals surface area contributed by atoms with Gasteiger partial charge >= 0.3 is 6.01 Å². The van der Waals surface area contributed by atoms with Gasteiger partial charge < -0.3 is 4.74 Å². The van der Waals surface area contributed by atoms with E-state index < -0.39 is 0 Å². The van der Waals surface area contributed by atoms with E-state index in [0.29, 0.717) is 17.1 Å². The van der Waals surface area contributed by atoms with Crippen molar-refractivity contribution in [3.8, 4) is 17.8 Å². The summed E-state index contributed by atoms with van der Waals surface area (Å²) in [7, 11) is 0. The van der Waals surface area contributed by atoms with Crippen molar-refractivity contribution in [2.24, 2.45) is 0 Å². The number of aryl methyl sites for hydroxylation is 1. The quantitative estimate of drug-likeness (QED) is 0.852. The minimum absolute atomic E-state index is 0.184. The van der Waals surface area contributed by atoms with Crippen LogP contribution in [0, 0.1) is 18.3 Å². The fourth-order valence-corrected chi connectivity index (χ4v) is 1.52. The molecule has 0 aliphatic heterocycles. The first-order chi connectivity index (χ1) is 8.17. The molecule has 0 amide bonds. The van der Waals surface area contributed by atoms with Crippen LogP contribution in [0.1, 0.15) is 11.4 Å². The first kappa shape index (κ1) is 11.6. The topological polar surface area (TPSA) is 58.8 Å². The molecular formula is C12H8BrN3O. The number of aromatic nitrogens is 2. The van der Waals surface area contributed by atoms with Gasteiger partial charge in [-0.05, 0) is 37.3 Å². The molecule has 0 fully saturated rings. The number of halogens is 1. The number of ether oxygens (including phenoxy) is 1. The van der Waals surface area contributed by atoms with Crippen LogP contribution >= 0.6 is 15.9 Å². The molecule has 0 aliphatic rings. The summed E-state index contributed by atoms with van der Waals surface area (Å²) in [5, 5.41) is 8.79. The molecule has 1 aromatic carbocycles. The number of rotatable bonds is 2. The smallest absolute Gasteiger partial charge is 0.323 e. The van der Waals surface area contributed by atoms with Crippen LogP contribution in [0.5, 0.6) is 11.8 Å². The fraction of sp³-hybridized carbons (Fsp3) is 0.0833. The van der Waals surface area contributed by atoms with E-state index in [1.807, 2.05) is 18.2 Å². The Kier molecular flexibility index (Phi) is 3.35. The van der Waals surface area contributed by atoms with E-state index in [-0.39, 0.29) is 6.01 Å². The minimum atomic E-state index is 0.184. The lowest BCUT2D eigenvalue weighted by Crippen LogP contribution is -1.96. The zero-order chi connectivity index (χ0) is 12.3. The molecule has 0 unspecified atom stereocenters. The molecule has 0 N–H and O–H groups in total. The van der Waals surface area contributed by atoms with E-state index in [2.05, 4.69) is 25.9 Å². The van der Waals surface area contributed by atoms with Gasteiger partial charge in [-0.3, -0.25) is 0 Å². The first-order valence-corrected chi connectivity index (χ1v) is 5.66. The summed E-state index contributed by atoms with van der Waals surface area (Å²) in [5.41, 5.74) is 0.994. The van der Waals surface area contributed by atoms with Gasteiger partial charge in [0.2, 0.25) is 0 Å². The van der Waals surface area contributed by atoms with E-state index in [0.717, 1.165) is 4.47 Å². The van der Waals surface area contributed by atoms with Crippen molar-refractivity contribution in [3.05, 3.63) is 46.2 Å². The van der Waals surface area contributed by atoms with Gasteiger partial charge in [0.1, 0.15) is 17.5 Å². The second kappa shape index (κ2) is 4.93. The van der Waals surface area contributed by atoms with Crippen molar-refractivity contribution in [1.29, 1.82) is 5.26 Å². The van der Waals surface area contributed by atoms with Crippen LogP contribution in [-0.2, 0) is 0 Å². The second-order valence-corrected chi connectivity index (χ2v) is 4.26. The third-order valence-corrected chi connectivity index (χ3v) is 2.50. The maximum atomic E-state index is 8.79. The van der Waals surface area contributed by atoms with Crippen LogP contribution in [-0.4, -0.2) is 9.97 Å². The Balaban J connectivity index is 2.27. The lowest BCUT2D eigenvalue weighted by atomic mass is 10.3. The van der Waals surface area contributed by atoms with Gasteiger partial charge in [-0.1, -0.05) is 15.9 Å². The van der Waals surface area contributed by atoms with Crippen LogP contribution in [0.2, 0.25) is 0 Å². The highest BCUT2D eigenvalue weighted by Gasteiger charge is 2.04. The summed E-state index contributed by atoms with van der Waals surface area (Å²) in [6, 6.07) is 11.1. The summed E-state index contributed by atoms with van der Waals surface area (Å²) in [4.78, 5) is 8.07. The van der Waals surface area contributed by atoms with E-state index in [4.69, 9.17) is 10.00 Å². The summed E-state index contributed by atoms with van der Waals surface area (Å²) in [6.07, 6.45) is 0. The molecule has 1 heterocycles. The Bertz CT molecular complexity index is 575. The van der Waals surface area contributed by atoms with Crippen LogP contribution in [0.15, 0.2) is 34.8 Å². The predicted octanol–water partition coefficient (Wildman–Crippen LogP) is 3.21. The molecule has 17 heavy (non-hydrogen) atoms. The maximum absolute atomic E-state index is 8.79. The van der Waals surface area contributed by atoms with Crippen molar-refractivity contribution in [3.63, 3.8) is 0 Å². The molecule has 5 heteroatoms. The molecule has 0 radical (unpaired) electrons. The van der Waals surface area contributed by atoms with Crippen molar-refractivity contribution in [2.75, 3.05) is 0 Å². The standard InChI is InChI=1S/C12H8BrN3O/c1-8-6-10(7-14)16-12(15-8)17-11-4-2-9(13)3-5-11/h2-6H,1H3. The number of hydrogen-bond acceptors (Lipinski definition) is 4. The molecule has 0 bridgehead atoms. The summed E-state index contributed by atoms with van der Waals surface area (Å²) >= 11 is 3.34. The van der Waals surface area contributed by atoms with Crippen LogP contribution < -0.4 is 4.74 Å². The fourth-order valence-electron chi connectivity index (χ4n) is 1.25. The number of benzene rings is 1. The van der Waals surface area contributed by atoms with Gasteiger partial charge in [-0.2, -0.15) is 10.2 Å². The molecule has 2 rings (SSSR count). The molecule has 0 aliphatic carbocycles. The van der Waals surface area contributed by atoms with Gasteiger partial charge in [-0.15, -0.1) is 0 Å². The average molecular weight is 290 g/mol. The maximum Gasteiger partial charge on any atom is 0.323 e. The average Bonchev–Trinajstić information content (AvgIpc) is 2.31. The highest BCUT2D eigenvalue weighted by atomic mass is 79.9. The van der Waals surface area contributed by atoms with Gasteiger partial charge in [0, 0.05) is 10.2 Å². The molecule has 0 saturated heterocycles. The molecule has 84 valence electrons. The van der Waals surface area contributed by atoms with E-state index in [9.17, 15) is 0 Å². The van der Waals surface area contributed by atoms with E-state index in [1.54, 1.807) is 25.1 Å². The Morgan fingerprint density at radius 1 is 1.24 bits per heavy atom. The lowest BCUT2D eigenvalue weighted by molar-refractivity contribution is 0.439. The van der Waals surface area contributed by atoms with Crippen molar-refractivity contribution in [1.82, 2.24) is 9.97 Å². The highest BCUT2D eigenvalue weighted by Crippen LogP contribution is 2.20. The Hall–Kier alpha value is -1.93. The predicted molar refractivity (Wildman–Crippen MR) is 65.7 cm³/mol. The van der Waals surface area contributed by atoms with Crippen LogP contribution in [0.25, 0.3) is 0 Å². The molecule has 2 aromatic rings. The van der Waals surface area contributed by atoms with Gasteiger partial charge in [-0.25, -0.2) is 4.98 Å². The minimum Gasteiger partial charge on any atom is -0.424 e. The second-order valence-electron chi connectivity index (χ2n) is 3.34. The van der Waals surface area contributed by atoms with Gasteiger partial charge in [0.25, 0.3) is 0 Å². The number of nitriles is 1. The number of hydrogen-bond donors (Lipinski definition) is 0. The third-order valence-electron chi connectivity index (χ3n) is 1.97. The van der Waals surface area contributed by atoms with Crippen molar-refractivity contribution >= 4 is 15.9 Å². The van der Waals surface area contributed by atoms with Gasteiger partial charge in [0.05, 0.1) is 0 Å². The molecule has 0 atom stereocenters. The normalized spacial score (nSPS) is 9.71. The molecular weight excluding hydrogens is 282 g/mol. The zero-order valence-corrected chi connectivity index (χ0v) is 10.6. The number of nitrogens with zero attached hydrogens (tertiary/aromatic N) is 3. The van der Waals surface area contributed by atoms with Gasteiger partial charge in [0.15, 0.2) is 0 Å². The first-order valence-electron chi connectivity index (χ1n) is 4.86. The monoisotopic (exact) mass is 289 g/mol. The van der Waals surface area contributed by atoms with Crippen molar-refractivity contribution in [2.45, 2.75) is 6.92 Å². The van der Waals surface area contributed by atoms with Crippen LogP contribution in [0.4, 0.5) is 0 Å². The largest absolute Gasteiger partial charge is 0.424 e. The molecule has 4 nitrogen and oxygen atoms in total. The summed E-state index contributed by atoms with van der Waals surface area (Å²) in [6.45, 7) is 1.79. The summed E-state index contributed by atoms with van der Waals surface area (Å²) in [5.74, 6) is 0.627. The van der Waals surface area contributed by atoms with Crippen molar-refractivity contribution < 1.29 is 4.74 Å². The lowest BCUT2D eigenvalue weighted by Gasteiger charge is -2.04. The van der Waals surface area contributed by atoms with Crippen LogP contribution in [0.3, 0.4) is 0 Å². The Morgan fingerprint density at radius 2 is 1.94 bits per heavy atom. The SMILES string of the molecule is Cc1cc(C#N)nc(Oc2ccc(Br)cc2)n1.